The normalized spacial score (nSPS) is 10.5. The van der Waals surface area contributed by atoms with Gasteiger partial charge in [0.1, 0.15) is 5.82 Å². The number of halogens is 2. The lowest BCUT2D eigenvalue weighted by Gasteiger charge is -1.98. The molecule has 0 atom stereocenters. The first-order valence-corrected chi connectivity index (χ1v) is 4.26. The second-order valence-corrected chi connectivity index (χ2v) is 3.37. The fourth-order valence-electron chi connectivity index (χ4n) is 1.11. The van der Waals surface area contributed by atoms with E-state index in [9.17, 15) is 4.39 Å². The molecule has 0 radical (unpaired) electrons. The van der Waals surface area contributed by atoms with Gasteiger partial charge in [-0.15, -0.1) is 0 Å². The van der Waals surface area contributed by atoms with E-state index in [4.69, 9.17) is 0 Å². The van der Waals surface area contributed by atoms with Crippen LogP contribution in [0.25, 0.3) is 10.9 Å². The number of rotatable bonds is 0. The van der Waals surface area contributed by atoms with E-state index in [1.54, 1.807) is 24.4 Å². The van der Waals surface area contributed by atoms with E-state index < -0.39 is 0 Å². The highest BCUT2D eigenvalue weighted by Crippen LogP contribution is 2.20. The van der Waals surface area contributed by atoms with Crippen LogP contribution in [0.2, 0.25) is 0 Å². The van der Waals surface area contributed by atoms with Gasteiger partial charge in [0.2, 0.25) is 0 Å². The Kier molecular flexibility index (Phi) is 1.81. The molecule has 0 N–H and O–H groups in total. The summed E-state index contributed by atoms with van der Waals surface area (Å²) in [7, 11) is 0. The Bertz CT molecular complexity index is 428. The van der Waals surface area contributed by atoms with Crippen LogP contribution in [0.4, 0.5) is 4.39 Å². The van der Waals surface area contributed by atoms with Gasteiger partial charge in [0.05, 0.1) is 5.52 Å². The van der Waals surface area contributed by atoms with E-state index in [0.717, 1.165) is 0 Å². The van der Waals surface area contributed by atoms with Crippen molar-refractivity contribution in [3.05, 3.63) is 40.8 Å². The molecule has 1 heterocycles. The summed E-state index contributed by atoms with van der Waals surface area (Å²) in [5, 5.41) is 0.556. The zero-order valence-corrected chi connectivity index (χ0v) is 7.68. The van der Waals surface area contributed by atoms with E-state index in [1.807, 2.05) is 0 Å². The SMILES string of the molecule is Fc1cc(Br)cc2ncccc12. The Morgan fingerprint density at radius 2 is 2.17 bits per heavy atom. The fourth-order valence-corrected chi connectivity index (χ4v) is 1.52. The minimum absolute atomic E-state index is 0.243. The first kappa shape index (κ1) is 7.68. The molecule has 1 aromatic heterocycles. The molecule has 1 aromatic carbocycles. The molecular weight excluding hydrogens is 221 g/mol. The van der Waals surface area contributed by atoms with Crippen molar-refractivity contribution in [3.8, 4) is 0 Å². The molecule has 0 aliphatic heterocycles. The van der Waals surface area contributed by atoms with Crippen LogP contribution in [-0.2, 0) is 0 Å². The summed E-state index contributed by atoms with van der Waals surface area (Å²) in [5.41, 5.74) is 0.671. The number of hydrogen-bond donors (Lipinski definition) is 0. The van der Waals surface area contributed by atoms with Gasteiger partial charge in [-0.25, -0.2) is 4.39 Å². The van der Waals surface area contributed by atoms with Crippen molar-refractivity contribution in [2.24, 2.45) is 0 Å². The Balaban J connectivity index is 2.89. The van der Waals surface area contributed by atoms with Crippen LogP contribution in [0.3, 0.4) is 0 Å². The Morgan fingerprint density at radius 1 is 1.33 bits per heavy atom. The molecule has 1 nitrogen and oxygen atoms in total. The highest BCUT2D eigenvalue weighted by atomic mass is 79.9. The number of pyridine rings is 1. The zero-order chi connectivity index (χ0) is 8.55. The fraction of sp³-hybridized carbons (Fsp3) is 0. The van der Waals surface area contributed by atoms with Crippen LogP contribution in [0.15, 0.2) is 34.9 Å². The molecule has 0 aliphatic rings. The third-order valence-electron chi connectivity index (χ3n) is 1.64. The quantitative estimate of drug-likeness (QED) is 0.672. The lowest BCUT2D eigenvalue weighted by molar-refractivity contribution is 0.639. The number of hydrogen-bond acceptors (Lipinski definition) is 1. The summed E-state index contributed by atoms with van der Waals surface area (Å²) in [6.07, 6.45) is 1.65. The smallest absolute Gasteiger partial charge is 0.133 e. The largest absolute Gasteiger partial charge is 0.256 e. The van der Waals surface area contributed by atoms with Gasteiger partial charge in [-0.05, 0) is 24.3 Å². The van der Waals surface area contributed by atoms with Crippen molar-refractivity contribution in [1.29, 1.82) is 0 Å². The molecule has 0 amide bonds. The lowest BCUT2D eigenvalue weighted by Crippen LogP contribution is -1.82. The number of fused-ring (bicyclic) bond motifs is 1. The summed E-state index contributed by atoms with van der Waals surface area (Å²) in [4.78, 5) is 4.03. The zero-order valence-electron chi connectivity index (χ0n) is 6.09. The highest BCUT2D eigenvalue weighted by molar-refractivity contribution is 9.10. The minimum atomic E-state index is -0.243. The molecule has 0 saturated heterocycles. The van der Waals surface area contributed by atoms with E-state index in [-0.39, 0.29) is 5.82 Å². The van der Waals surface area contributed by atoms with Crippen LogP contribution >= 0.6 is 15.9 Å². The van der Waals surface area contributed by atoms with E-state index >= 15 is 0 Å². The second-order valence-electron chi connectivity index (χ2n) is 2.46. The Labute approximate surface area is 77.4 Å². The Morgan fingerprint density at radius 3 is 3.00 bits per heavy atom. The maximum absolute atomic E-state index is 13.2. The molecule has 0 saturated carbocycles. The summed E-state index contributed by atoms with van der Waals surface area (Å²) in [6, 6.07) is 6.66. The van der Waals surface area contributed by atoms with Crippen LogP contribution < -0.4 is 0 Å². The molecule has 0 bridgehead atoms. The van der Waals surface area contributed by atoms with Gasteiger partial charge in [0.25, 0.3) is 0 Å². The van der Waals surface area contributed by atoms with Crippen molar-refractivity contribution < 1.29 is 4.39 Å². The van der Waals surface area contributed by atoms with Crippen LogP contribution in [0, 0.1) is 5.82 Å². The lowest BCUT2D eigenvalue weighted by atomic mass is 10.2. The summed E-state index contributed by atoms with van der Waals surface area (Å²) < 4.78 is 13.9. The maximum atomic E-state index is 13.2. The standard InChI is InChI=1S/C9H5BrFN/c10-6-4-8(11)7-2-1-3-12-9(7)5-6/h1-5H. The molecule has 60 valence electrons. The third kappa shape index (κ3) is 1.20. The number of benzene rings is 1. The van der Waals surface area contributed by atoms with Crippen molar-refractivity contribution in [3.63, 3.8) is 0 Å². The van der Waals surface area contributed by atoms with Crippen LogP contribution in [-0.4, -0.2) is 4.98 Å². The predicted molar refractivity (Wildman–Crippen MR) is 49.4 cm³/mol. The molecule has 0 unspecified atom stereocenters. The molecule has 0 aliphatic carbocycles. The molecule has 3 heteroatoms. The van der Waals surface area contributed by atoms with Crippen molar-refractivity contribution >= 4 is 26.8 Å². The maximum Gasteiger partial charge on any atom is 0.133 e. The highest BCUT2D eigenvalue weighted by Gasteiger charge is 2.01. The molecule has 2 aromatic rings. The van der Waals surface area contributed by atoms with Gasteiger partial charge < -0.3 is 0 Å². The summed E-state index contributed by atoms with van der Waals surface area (Å²) >= 11 is 3.20. The number of aromatic nitrogens is 1. The Hall–Kier alpha value is -0.960. The van der Waals surface area contributed by atoms with E-state index in [2.05, 4.69) is 20.9 Å². The monoisotopic (exact) mass is 225 g/mol. The molecule has 0 fully saturated rings. The van der Waals surface area contributed by atoms with Gasteiger partial charge in [0, 0.05) is 16.1 Å². The minimum Gasteiger partial charge on any atom is -0.256 e. The van der Waals surface area contributed by atoms with Gasteiger partial charge in [-0.2, -0.15) is 0 Å². The van der Waals surface area contributed by atoms with Gasteiger partial charge in [-0.3, -0.25) is 4.98 Å². The van der Waals surface area contributed by atoms with Gasteiger partial charge in [0.15, 0.2) is 0 Å². The second kappa shape index (κ2) is 2.83. The van der Waals surface area contributed by atoms with Gasteiger partial charge >= 0.3 is 0 Å². The van der Waals surface area contributed by atoms with Crippen LogP contribution in [0.1, 0.15) is 0 Å². The molecule has 2 rings (SSSR count). The topological polar surface area (TPSA) is 12.9 Å². The van der Waals surface area contributed by atoms with Crippen molar-refractivity contribution in [2.75, 3.05) is 0 Å². The third-order valence-corrected chi connectivity index (χ3v) is 2.09. The average Bonchev–Trinajstić information content (AvgIpc) is 2.04. The first-order valence-electron chi connectivity index (χ1n) is 3.47. The van der Waals surface area contributed by atoms with Crippen molar-refractivity contribution in [2.45, 2.75) is 0 Å². The number of nitrogens with zero attached hydrogens (tertiary/aromatic N) is 1. The molecular formula is C9H5BrFN. The predicted octanol–water partition coefficient (Wildman–Crippen LogP) is 3.14. The summed E-state index contributed by atoms with van der Waals surface area (Å²) in [6.45, 7) is 0. The molecule has 12 heavy (non-hydrogen) atoms. The van der Waals surface area contributed by atoms with E-state index in [0.29, 0.717) is 15.4 Å². The first-order chi connectivity index (χ1) is 5.77. The average molecular weight is 226 g/mol. The molecule has 0 spiro atoms. The summed E-state index contributed by atoms with van der Waals surface area (Å²) in [5.74, 6) is -0.243. The van der Waals surface area contributed by atoms with Crippen LogP contribution in [0.5, 0.6) is 0 Å². The van der Waals surface area contributed by atoms with Gasteiger partial charge in [-0.1, -0.05) is 15.9 Å². The van der Waals surface area contributed by atoms with Crippen molar-refractivity contribution in [1.82, 2.24) is 4.98 Å². The van der Waals surface area contributed by atoms with E-state index in [1.165, 1.54) is 6.07 Å².